The molecule has 0 aliphatic carbocycles. The van der Waals surface area contributed by atoms with Gasteiger partial charge in [-0.25, -0.2) is 0 Å². The van der Waals surface area contributed by atoms with E-state index in [9.17, 15) is 18.4 Å². The lowest BCUT2D eigenvalue weighted by molar-refractivity contribution is -0.139. The predicted molar refractivity (Wildman–Crippen MR) is 59.2 cm³/mol. The minimum absolute atomic E-state index is 0.184. The topological polar surface area (TPSA) is 66.4 Å². The fourth-order valence-corrected chi connectivity index (χ4v) is 1.70. The van der Waals surface area contributed by atoms with E-state index in [1.165, 1.54) is 12.1 Å². The monoisotopic (exact) mass is 261 g/mol. The van der Waals surface area contributed by atoms with Crippen molar-refractivity contribution in [3.8, 4) is 0 Å². The highest BCUT2D eigenvalue weighted by Crippen LogP contribution is 2.31. The van der Waals surface area contributed by atoms with Crippen molar-refractivity contribution in [1.29, 1.82) is 0 Å². The predicted octanol–water partition coefficient (Wildman–Crippen LogP) is 2.41. The number of benzene rings is 1. The number of hydrogen-bond acceptors (Lipinski definition) is 3. The highest BCUT2D eigenvalue weighted by Gasteiger charge is 2.13. The molecule has 0 aliphatic heterocycles. The molecule has 0 saturated carbocycles. The number of halogens is 2. The maximum absolute atomic E-state index is 12.2. The molecule has 0 fully saturated rings. The standard InChI is InChI=1S/C10H9F2NO3S/c11-10(12)17-7-4-2-1-3-6(7)13-8(14)5-9(15)16/h1-4,10H,5H2,(H,13,14)(H,15,16). The average molecular weight is 261 g/mol. The molecule has 1 aromatic rings. The zero-order valence-electron chi connectivity index (χ0n) is 8.52. The van der Waals surface area contributed by atoms with Crippen LogP contribution in [0.4, 0.5) is 14.5 Å². The fourth-order valence-electron chi connectivity index (χ4n) is 1.10. The molecule has 17 heavy (non-hydrogen) atoms. The van der Waals surface area contributed by atoms with Crippen LogP contribution in [-0.4, -0.2) is 22.7 Å². The second-order valence-electron chi connectivity index (χ2n) is 2.99. The molecule has 0 aromatic heterocycles. The lowest BCUT2D eigenvalue weighted by Gasteiger charge is -2.09. The van der Waals surface area contributed by atoms with Crippen LogP contribution >= 0.6 is 11.8 Å². The van der Waals surface area contributed by atoms with Crippen LogP contribution in [0.15, 0.2) is 29.2 Å². The number of thioether (sulfide) groups is 1. The minimum atomic E-state index is -2.60. The number of alkyl halides is 2. The van der Waals surface area contributed by atoms with E-state index in [1.54, 1.807) is 12.1 Å². The van der Waals surface area contributed by atoms with Crippen molar-refractivity contribution in [2.75, 3.05) is 5.32 Å². The van der Waals surface area contributed by atoms with Gasteiger partial charge in [0.1, 0.15) is 6.42 Å². The number of carboxylic acid groups (broad SMARTS) is 1. The summed E-state index contributed by atoms with van der Waals surface area (Å²) in [4.78, 5) is 21.6. The quantitative estimate of drug-likeness (QED) is 0.631. The van der Waals surface area contributed by atoms with Crippen molar-refractivity contribution in [3.63, 3.8) is 0 Å². The van der Waals surface area contributed by atoms with E-state index < -0.39 is 24.1 Å². The highest BCUT2D eigenvalue weighted by molar-refractivity contribution is 7.99. The van der Waals surface area contributed by atoms with E-state index in [1.807, 2.05) is 0 Å². The largest absolute Gasteiger partial charge is 0.481 e. The SMILES string of the molecule is O=C(O)CC(=O)Nc1ccccc1SC(F)F. The lowest BCUT2D eigenvalue weighted by atomic mass is 10.3. The molecular formula is C10H9F2NO3S. The summed E-state index contributed by atoms with van der Waals surface area (Å²) < 4.78 is 24.4. The maximum atomic E-state index is 12.2. The van der Waals surface area contributed by atoms with Crippen molar-refractivity contribution in [2.24, 2.45) is 0 Å². The molecule has 7 heteroatoms. The van der Waals surface area contributed by atoms with Crippen LogP contribution in [0.1, 0.15) is 6.42 Å². The summed E-state index contributed by atoms with van der Waals surface area (Å²) >= 11 is 0.290. The summed E-state index contributed by atoms with van der Waals surface area (Å²) in [7, 11) is 0. The van der Waals surface area contributed by atoms with Crippen LogP contribution < -0.4 is 5.32 Å². The highest BCUT2D eigenvalue weighted by atomic mass is 32.2. The molecule has 0 heterocycles. The van der Waals surface area contributed by atoms with Crippen LogP contribution in [0.5, 0.6) is 0 Å². The third kappa shape index (κ3) is 4.81. The van der Waals surface area contributed by atoms with Crippen molar-refractivity contribution in [1.82, 2.24) is 0 Å². The number of amides is 1. The smallest absolute Gasteiger partial charge is 0.312 e. The van der Waals surface area contributed by atoms with E-state index in [0.717, 1.165) is 0 Å². The summed E-state index contributed by atoms with van der Waals surface area (Å²) in [5.41, 5.74) is 0.184. The third-order valence-electron chi connectivity index (χ3n) is 1.69. The first-order chi connectivity index (χ1) is 7.99. The second-order valence-corrected chi connectivity index (χ2v) is 4.03. The molecular weight excluding hydrogens is 252 g/mol. The number of para-hydroxylation sites is 1. The van der Waals surface area contributed by atoms with Gasteiger partial charge < -0.3 is 10.4 Å². The van der Waals surface area contributed by atoms with E-state index >= 15 is 0 Å². The molecule has 0 spiro atoms. The van der Waals surface area contributed by atoms with Gasteiger partial charge in [0.25, 0.3) is 5.76 Å². The summed E-state index contributed by atoms with van der Waals surface area (Å²) in [6.45, 7) is 0. The number of carboxylic acids is 1. The normalized spacial score (nSPS) is 10.3. The fraction of sp³-hybridized carbons (Fsp3) is 0.200. The van der Waals surface area contributed by atoms with Gasteiger partial charge in [-0.05, 0) is 12.1 Å². The van der Waals surface area contributed by atoms with Gasteiger partial charge in [0.2, 0.25) is 5.91 Å². The number of anilines is 1. The van der Waals surface area contributed by atoms with Gasteiger partial charge in [-0.15, -0.1) is 0 Å². The number of carbonyl (C=O) groups is 2. The molecule has 2 N–H and O–H groups in total. The molecule has 1 amide bonds. The third-order valence-corrected chi connectivity index (χ3v) is 2.48. The van der Waals surface area contributed by atoms with Crippen LogP contribution in [0.2, 0.25) is 0 Å². The van der Waals surface area contributed by atoms with Crippen molar-refractivity contribution < 1.29 is 23.5 Å². The van der Waals surface area contributed by atoms with E-state index in [-0.39, 0.29) is 10.6 Å². The molecule has 1 rings (SSSR count). The van der Waals surface area contributed by atoms with Gasteiger partial charge in [0.05, 0.1) is 5.69 Å². The minimum Gasteiger partial charge on any atom is -0.481 e. The van der Waals surface area contributed by atoms with Crippen molar-refractivity contribution in [3.05, 3.63) is 24.3 Å². The molecule has 0 bridgehead atoms. The molecule has 0 atom stereocenters. The molecule has 1 aromatic carbocycles. The van der Waals surface area contributed by atoms with Crippen molar-refractivity contribution >= 4 is 29.3 Å². The first-order valence-corrected chi connectivity index (χ1v) is 5.42. The molecule has 0 radical (unpaired) electrons. The zero-order valence-corrected chi connectivity index (χ0v) is 9.34. The average Bonchev–Trinajstić information content (AvgIpc) is 2.18. The summed E-state index contributed by atoms with van der Waals surface area (Å²) in [6.07, 6.45) is -0.701. The number of aliphatic carboxylic acids is 1. The number of rotatable bonds is 5. The van der Waals surface area contributed by atoms with E-state index in [2.05, 4.69) is 5.32 Å². The number of nitrogens with one attached hydrogen (secondary N) is 1. The number of hydrogen-bond donors (Lipinski definition) is 2. The summed E-state index contributed by atoms with van der Waals surface area (Å²) in [6, 6.07) is 5.97. The van der Waals surface area contributed by atoms with E-state index in [0.29, 0.717) is 11.8 Å². The Hall–Kier alpha value is -1.63. The first-order valence-electron chi connectivity index (χ1n) is 4.54. The Morgan fingerprint density at radius 2 is 2.00 bits per heavy atom. The molecule has 4 nitrogen and oxygen atoms in total. The van der Waals surface area contributed by atoms with Gasteiger partial charge in [-0.3, -0.25) is 9.59 Å². The van der Waals surface area contributed by atoms with Gasteiger partial charge in [0.15, 0.2) is 0 Å². The Balaban J connectivity index is 2.76. The second kappa shape index (κ2) is 6.19. The number of carbonyl (C=O) groups excluding carboxylic acids is 1. The van der Waals surface area contributed by atoms with Gasteiger partial charge >= 0.3 is 5.97 Å². The van der Waals surface area contributed by atoms with Gasteiger partial charge in [-0.2, -0.15) is 8.78 Å². The Morgan fingerprint density at radius 3 is 2.59 bits per heavy atom. The molecule has 92 valence electrons. The summed E-state index contributed by atoms with van der Waals surface area (Å²) in [5.74, 6) is -4.63. The Morgan fingerprint density at radius 1 is 1.35 bits per heavy atom. The van der Waals surface area contributed by atoms with Crippen LogP contribution in [0, 0.1) is 0 Å². The van der Waals surface area contributed by atoms with Crippen molar-refractivity contribution in [2.45, 2.75) is 17.1 Å². The van der Waals surface area contributed by atoms with E-state index in [4.69, 9.17) is 5.11 Å². The first kappa shape index (κ1) is 13.4. The molecule has 0 unspecified atom stereocenters. The maximum Gasteiger partial charge on any atom is 0.312 e. The van der Waals surface area contributed by atoms with Gasteiger partial charge in [-0.1, -0.05) is 23.9 Å². The van der Waals surface area contributed by atoms with Gasteiger partial charge in [0, 0.05) is 4.90 Å². The summed E-state index contributed by atoms with van der Waals surface area (Å²) in [5, 5.41) is 10.7. The van der Waals surface area contributed by atoms with Crippen LogP contribution in [0.25, 0.3) is 0 Å². The zero-order chi connectivity index (χ0) is 12.8. The molecule has 0 saturated heterocycles. The Labute approximate surface area is 100 Å². The lowest BCUT2D eigenvalue weighted by Crippen LogP contribution is -2.16. The van der Waals surface area contributed by atoms with Crippen LogP contribution in [-0.2, 0) is 9.59 Å². The Bertz CT molecular complexity index is 426. The van der Waals surface area contributed by atoms with Crippen LogP contribution in [0.3, 0.4) is 0 Å². The Kier molecular flexibility index (Phi) is 4.89. The molecule has 0 aliphatic rings.